The fraction of sp³-hybridized carbons (Fsp3) is 0.250. The second-order valence-electron chi connectivity index (χ2n) is 4.57. The minimum absolute atomic E-state index is 0.128. The van der Waals surface area contributed by atoms with Crippen molar-refractivity contribution < 1.29 is 4.79 Å². The first kappa shape index (κ1) is 13.8. The Balaban J connectivity index is 1.73. The van der Waals surface area contributed by atoms with Crippen molar-refractivity contribution in [3.8, 4) is 11.4 Å². The predicted octanol–water partition coefficient (Wildman–Crippen LogP) is 0.0633. The number of anilines is 1. The Bertz CT molecular complexity index is 779. The fourth-order valence-electron chi connectivity index (χ4n) is 1.75. The highest BCUT2D eigenvalue weighted by atomic mass is 16.2. The molecule has 0 bridgehead atoms. The molecular formula is C12H13N9O. The van der Waals surface area contributed by atoms with Crippen LogP contribution in [-0.2, 0) is 11.8 Å². The number of amides is 1. The number of hydrogen-bond donors (Lipinski definition) is 1. The zero-order valence-corrected chi connectivity index (χ0v) is 12.0. The van der Waals surface area contributed by atoms with E-state index >= 15 is 0 Å². The Labute approximate surface area is 125 Å². The number of carbonyl (C=O) groups excluding carboxylic acids is 1. The van der Waals surface area contributed by atoms with E-state index in [1.165, 1.54) is 9.59 Å². The molecule has 0 aliphatic heterocycles. The van der Waals surface area contributed by atoms with Crippen molar-refractivity contribution in [1.29, 1.82) is 0 Å². The molecule has 1 aromatic carbocycles. The van der Waals surface area contributed by atoms with E-state index in [1.807, 2.05) is 30.3 Å². The first-order valence-electron chi connectivity index (χ1n) is 6.53. The van der Waals surface area contributed by atoms with E-state index in [4.69, 9.17) is 0 Å². The molecule has 1 amide bonds. The summed E-state index contributed by atoms with van der Waals surface area (Å²) in [5, 5.41) is 25.8. The third-order valence-electron chi connectivity index (χ3n) is 2.93. The van der Waals surface area contributed by atoms with Crippen molar-refractivity contribution in [2.45, 2.75) is 13.0 Å². The molecule has 112 valence electrons. The van der Waals surface area contributed by atoms with Crippen molar-refractivity contribution in [3.63, 3.8) is 0 Å². The number of aryl methyl sites for hydroxylation is 1. The van der Waals surface area contributed by atoms with Crippen LogP contribution in [0.5, 0.6) is 0 Å². The second-order valence-corrected chi connectivity index (χ2v) is 4.57. The van der Waals surface area contributed by atoms with Gasteiger partial charge in [0.25, 0.3) is 11.9 Å². The maximum Gasteiger partial charge on any atom is 0.270 e. The van der Waals surface area contributed by atoms with Crippen molar-refractivity contribution in [1.82, 2.24) is 40.4 Å². The zero-order valence-electron chi connectivity index (χ0n) is 12.0. The van der Waals surface area contributed by atoms with Gasteiger partial charge in [0.15, 0.2) is 0 Å². The highest BCUT2D eigenvalue weighted by molar-refractivity contribution is 5.91. The number of aromatic nitrogens is 8. The van der Waals surface area contributed by atoms with Crippen molar-refractivity contribution in [2.75, 3.05) is 5.32 Å². The molecule has 0 spiro atoms. The van der Waals surface area contributed by atoms with E-state index in [9.17, 15) is 4.79 Å². The molecule has 1 N–H and O–H groups in total. The molecule has 0 radical (unpaired) electrons. The first-order chi connectivity index (χ1) is 10.6. The highest BCUT2D eigenvalue weighted by Gasteiger charge is 2.20. The van der Waals surface area contributed by atoms with Gasteiger partial charge >= 0.3 is 0 Å². The van der Waals surface area contributed by atoms with Crippen molar-refractivity contribution in [3.05, 3.63) is 30.3 Å². The van der Waals surface area contributed by atoms with Gasteiger partial charge in [0, 0.05) is 5.56 Å². The maximum atomic E-state index is 12.1. The van der Waals surface area contributed by atoms with Gasteiger partial charge in [-0.1, -0.05) is 35.4 Å². The normalized spacial score (nSPS) is 12.1. The van der Waals surface area contributed by atoms with Crippen LogP contribution in [0.15, 0.2) is 30.3 Å². The van der Waals surface area contributed by atoms with E-state index < -0.39 is 6.04 Å². The number of benzene rings is 1. The van der Waals surface area contributed by atoms with Crippen LogP contribution < -0.4 is 5.32 Å². The molecule has 3 aromatic rings. The molecule has 3 rings (SSSR count). The van der Waals surface area contributed by atoms with Gasteiger partial charge in [0.1, 0.15) is 6.04 Å². The lowest BCUT2D eigenvalue weighted by molar-refractivity contribution is -0.119. The van der Waals surface area contributed by atoms with Crippen LogP contribution in [0.2, 0.25) is 0 Å². The molecule has 2 heterocycles. The van der Waals surface area contributed by atoms with Gasteiger partial charge in [-0.25, -0.2) is 0 Å². The van der Waals surface area contributed by atoms with E-state index in [0.717, 1.165) is 5.56 Å². The number of hydrogen-bond acceptors (Lipinski definition) is 7. The maximum absolute atomic E-state index is 12.1. The van der Waals surface area contributed by atoms with Crippen molar-refractivity contribution >= 4 is 11.9 Å². The van der Waals surface area contributed by atoms with E-state index in [0.29, 0.717) is 5.82 Å². The summed E-state index contributed by atoms with van der Waals surface area (Å²) >= 11 is 0. The molecule has 0 unspecified atom stereocenters. The summed E-state index contributed by atoms with van der Waals surface area (Å²) in [7, 11) is 1.61. The predicted molar refractivity (Wildman–Crippen MR) is 75.4 cm³/mol. The molecule has 10 nitrogen and oxygen atoms in total. The summed E-state index contributed by atoms with van der Waals surface area (Å²) in [5.74, 6) is 0.227. The molecule has 1 atom stereocenters. The molecular weight excluding hydrogens is 286 g/mol. The summed E-state index contributed by atoms with van der Waals surface area (Å²) in [6.45, 7) is 1.65. The fourth-order valence-corrected chi connectivity index (χ4v) is 1.75. The standard InChI is InChI=1S/C12H13N9O/c1-8(11(22)13-12-15-18-20(2)17-12)21-16-10(14-19-21)9-6-4-3-5-7-9/h3-8H,1-2H3,(H,13,17,22)/t8-/m1/s1. The minimum Gasteiger partial charge on any atom is -0.290 e. The van der Waals surface area contributed by atoms with Gasteiger partial charge in [-0.2, -0.15) is 9.59 Å². The summed E-state index contributed by atoms with van der Waals surface area (Å²) in [4.78, 5) is 14.6. The first-order valence-corrected chi connectivity index (χ1v) is 6.53. The smallest absolute Gasteiger partial charge is 0.270 e. The molecule has 0 saturated carbocycles. The second kappa shape index (κ2) is 5.68. The van der Waals surface area contributed by atoms with Gasteiger partial charge in [-0.3, -0.25) is 10.1 Å². The number of nitrogens with zero attached hydrogens (tertiary/aromatic N) is 8. The van der Waals surface area contributed by atoms with Crippen molar-refractivity contribution in [2.24, 2.45) is 7.05 Å². The van der Waals surface area contributed by atoms with E-state index in [2.05, 4.69) is 36.1 Å². The number of carbonyl (C=O) groups is 1. The lowest BCUT2D eigenvalue weighted by atomic mass is 10.2. The van der Waals surface area contributed by atoms with Crippen LogP contribution in [0.4, 0.5) is 5.95 Å². The lowest BCUT2D eigenvalue weighted by Crippen LogP contribution is -2.26. The largest absolute Gasteiger partial charge is 0.290 e. The van der Waals surface area contributed by atoms with E-state index in [-0.39, 0.29) is 11.9 Å². The minimum atomic E-state index is -0.659. The molecule has 0 fully saturated rings. The third kappa shape index (κ3) is 2.80. The monoisotopic (exact) mass is 299 g/mol. The Morgan fingerprint density at radius 2 is 1.91 bits per heavy atom. The summed E-state index contributed by atoms with van der Waals surface area (Å²) in [6.07, 6.45) is 0. The lowest BCUT2D eigenvalue weighted by Gasteiger charge is -2.07. The van der Waals surface area contributed by atoms with Gasteiger partial charge in [-0.05, 0) is 17.4 Å². The van der Waals surface area contributed by atoms with Crippen LogP contribution >= 0.6 is 0 Å². The Kier molecular flexibility index (Phi) is 3.56. The van der Waals surface area contributed by atoms with Gasteiger partial charge in [0.05, 0.1) is 7.05 Å². The Morgan fingerprint density at radius 3 is 2.59 bits per heavy atom. The SMILES string of the molecule is C[C@H](C(=O)Nc1nnn(C)n1)n1nnc(-c2ccccc2)n1. The Hall–Kier alpha value is -3.17. The third-order valence-corrected chi connectivity index (χ3v) is 2.93. The molecule has 10 heteroatoms. The van der Waals surface area contributed by atoms with Crippen LogP contribution in [0.1, 0.15) is 13.0 Å². The highest BCUT2D eigenvalue weighted by Crippen LogP contribution is 2.13. The molecule has 0 saturated heterocycles. The Morgan fingerprint density at radius 1 is 1.14 bits per heavy atom. The number of tetrazole rings is 2. The van der Waals surface area contributed by atoms with Gasteiger partial charge in [0.2, 0.25) is 5.82 Å². The van der Waals surface area contributed by atoms with Crippen LogP contribution in [0.3, 0.4) is 0 Å². The molecule has 0 aliphatic carbocycles. The summed E-state index contributed by atoms with van der Waals surface area (Å²) in [6, 6.07) is 8.75. The van der Waals surface area contributed by atoms with Gasteiger partial charge < -0.3 is 0 Å². The molecule has 22 heavy (non-hydrogen) atoms. The number of rotatable bonds is 4. The zero-order chi connectivity index (χ0) is 15.5. The average molecular weight is 299 g/mol. The summed E-state index contributed by atoms with van der Waals surface area (Å²) in [5.41, 5.74) is 0.831. The topological polar surface area (TPSA) is 116 Å². The molecule has 2 aromatic heterocycles. The van der Waals surface area contributed by atoms with Crippen LogP contribution in [0, 0.1) is 0 Å². The summed E-state index contributed by atoms with van der Waals surface area (Å²) < 4.78 is 0. The average Bonchev–Trinajstić information content (AvgIpc) is 3.17. The van der Waals surface area contributed by atoms with E-state index in [1.54, 1.807) is 14.0 Å². The van der Waals surface area contributed by atoms with Crippen LogP contribution in [0.25, 0.3) is 11.4 Å². The van der Waals surface area contributed by atoms with Gasteiger partial charge in [-0.15, -0.1) is 15.3 Å². The number of nitrogens with one attached hydrogen (secondary N) is 1. The van der Waals surface area contributed by atoms with Crippen LogP contribution in [-0.4, -0.2) is 46.3 Å². The quantitative estimate of drug-likeness (QED) is 0.724. The molecule has 0 aliphatic rings.